The van der Waals surface area contributed by atoms with Crippen molar-refractivity contribution in [2.75, 3.05) is 13.7 Å². The molecule has 8 nitrogen and oxygen atoms in total. The van der Waals surface area contributed by atoms with Gasteiger partial charge in [-0.1, -0.05) is 39.8 Å². The number of carbonyl (C=O) groups is 2. The van der Waals surface area contributed by atoms with E-state index in [0.29, 0.717) is 22.6 Å². The third-order valence-corrected chi connectivity index (χ3v) is 11.4. The van der Waals surface area contributed by atoms with Crippen LogP contribution in [0.4, 0.5) is 0 Å². The number of rotatable bonds is 3. The van der Waals surface area contributed by atoms with E-state index in [0.717, 1.165) is 22.9 Å². The minimum absolute atomic E-state index is 0.0501. The van der Waals surface area contributed by atoms with Crippen LogP contribution >= 0.6 is 0 Å². The molecule has 1 saturated heterocycles. The van der Waals surface area contributed by atoms with Gasteiger partial charge in [0.25, 0.3) is 0 Å². The molecule has 1 aromatic carbocycles. The number of Topliss-reactive ketones (excluding diaryl/α,β-unsaturated/α-hetero) is 1. The Morgan fingerprint density at radius 2 is 1.81 bits per heavy atom. The van der Waals surface area contributed by atoms with E-state index in [2.05, 4.69) is 20.8 Å². The van der Waals surface area contributed by atoms with Gasteiger partial charge in [0.2, 0.25) is 0 Å². The molecule has 1 aliphatic heterocycles. The van der Waals surface area contributed by atoms with Gasteiger partial charge < -0.3 is 28.6 Å². The Morgan fingerprint density at radius 1 is 1.12 bits per heavy atom. The first-order valence-corrected chi connectivity index (χ1v) is 15.3. The minimum atomic E-state index is -1.88. The van der Waals surface area contributed by atoms with Crippen LogP contribution in [0, 0.1) is 35.5 Å². The van der Waals surface area contributed by atoms with Gasteiger partial charge in [-0.3, -0.25) is 4.79 Å². The first-order valence-electron chi connectivity index (χ1n) is 15.3. The van der Waals surface area contributed by atoms with E-state index < -0.39 is 40.9 Å². The van der Waals surface area contributed by atoms with Crippen LogP contribution in [0.25, 0.3) is 10.9 Å². The normalized spacial score (nSPS) is 36.2. The fourth-order valence-electron chi connectivity index (χ4n) is 8.55. The van der Waals surface area contributed by atoms with Crippen molar-refractivity contribution in [3.8, 4) is 5.75 Å². The summed E-state index contributed by atoms with van der Waals surface area (Å²) in [5.74, 6) is -1.46. The number of nitrogens with zero attached hydrogens (tertiary/aromatic N) is 1. The van der Waals surface area contributed by atoms with Crippen LogP contribution in [-0.2, 0) is 26.1 Å². The highest BCUT2D eigenvalue weighted by Gasteiger charge is 2.74. The quantitative estimate of drug-likeness (QED) is 0.363. The maximum Gasteiger partial charge on any atom is 0.355 e. The number of esters is 1. The largest absolute Gasteiger partial charge is 0.497 e. The molecule has 232 valence electrons. The highest BCUT2D eigenvalue weighted by Crippen LogP contribution is 2.64. The van der Waals surface area contributed by atoms with Crippen molar-refractivity contribution in [3.63, 3.8) is 0 Å². The van der Waals surface area contributed by atoms with Crippen molar-refractivity contribution in [1.82, 2.24) is 4.57 Å². The molecule has 7 atom stereocenters. The molecule has 0 amide bonds. The minimum Gasteiger partial charge on any atom is -0.497 e. The summed E-state index contributed by atoms with van der Waals surface area (Å²) in [6.45, 7) is 16.1. The van der Waals surface area contributed by atoms with E-state index in [-0.39, 0.29) is 29.6 Å². The van der Waals surface area contributed by atoms with Crippen molar-refractivity contribution in [2.45, 2.75) is 85.4 Å². The lowest BCUT2D eigenvalue weighted by Crippen LogP contribution is -2.68. The molecule has 2 aromatic rings. The van der Waals surface area contributed by atoms with E-state index >= 15 is 0 Å². The number of aromatic nitrogens is 1. The lowest BCUT2D eigenvalue weighted by molar-refractivity contribution is -0.302. The standard InChI is InChI=1S/C35H45NO7/c1-18-16-34-20(3)13-19(2)32(5,6)25(28(34)37)14-22-17-41-33(7,8)43-30(22)35(34,39)29(18)42-31(38)27-21(4)24-15-23(40-10)11-12-26(24)36(27)9/h11-12,14-16,19-20,25,29-30,39H,13,17H2,1-10H3/t19-,20?,25-,29+,30-,34?,35-/m1/s1. The number of hydrogen-bond donors (Lipinski definition) is 1. The number of ketones is 1. The first-order chi connectivity index (χ1) is 20.0. The number of methoxy groups -OCH3 is 1. The Hall–Kier alpha value is -2.94. The Morgan fingerprint density at radius 3 is 2.49 bits per heavy atom. The predicted octanol–water partition coefficient (Wildman–Crippen LogP) is 5.68. The molecule has 1 aromatic heterocycles. The van der Waals surface area contributed by atoms with Crippen LogP contribution in [-0.4, -0.2) is 58.7 Å². The summed E-state index contributed by atoms with van der Waals surface area (Å²) < 4.78 is 26.3. The Kier molecular flexibility index (Phi) is 6.67. The van der Waals surface area contributed by atoms with Crippen LogP contribution in [0.3, 0.4) is 0 Å². The van der Waals surface area contributed by atoms with Gasteiger partial charge in [0, 0.05) is 23.9 Å². The summed E-state index contributed by atoms with van der Waals surface area (Å²) >= 11 is 0. The zero-order valence-corrected chi connectivity index (χ0v) is 27.0. The van der Waals surface area contributed by atoms with E-state index in [1.807, 2.05) is 76.6 Å². The van der Waals surface area contributed by atoms with Gasteiger partial charge in [-0.2, -0.15) is 0 Å². The SMILES string of the molecule is COc1ccc2c(c1)c(C)c(C(=O)O[C@H]1C(C)=CC34C(=O)[C@@H](C=C5COC(C)(C)O[C@H]5[C@]13O)C(C)(C)[C@H](C)CC4C)n2C. The smallest absolute Gasteiger partial charge is 0.355 e. The van der Waals surface area contributed by atoms with Gasteiger partial charge in [-0.25, -0.2) is 4.79 Å². The fraction of sp³-hybridized carbons (Fsp3) is 0.600. The molecule has 0 radical (unpaired) electrons. The molecule has 43 heavy (non-hydrogen) atoms. The molecule has 1 spiro atoms. The molecule has 2 bridgehead atoms. The second-order valence-electron chi connectivity index (χ2n) is 14.4. The third kappa shape index (κ3) is 3.91. The number of aryl methyl sites for hydroxylation is 2. The molecule has 3 aliphatic carbocycles. The lowest BCUT2D eigenvalue weighted by Gasteiger charge is -2.52. The number of allylic oxidation sites excluding steroid dienone is 1. The third-order valence-electron chi connectivity index (χ3n) is 11.4. The van der Waals surface area contributed by atoms with Crippen molar-refractivity contribution < 1.29 is 33.6 Å². The fourth-order valence-corrected chi connectivity index (χ4v) is 8.55. The molecule has 4 aliphatic rings. The lowest BCUT2D eigenvalue weighted by atomic mass is 9.59. The molecular formula is C35H45NO7. The second kappa shape index (κ2) is 9.53. The van der Waals surface area contributed by atoms with E-state index in [9.17, 15) is 14.7 Å². The molecule has 2 fully saturated rings. The van der Waals surface area contributed by atoms with Crippen molar-refractivity contribution in [1.29, 1.82) is 0 Å². The van der Waals surface area contributed by atoms with Gasteiger partial charge >= 0.3 is 5.97 Å². The monoisotopic (exact) mass is 591 g/mol. The summed E-state index contributed by atoms with van der Waals surface area (Å²) in [5.41, 5.74) is -0.224. The van der Waals surface area contributed by atoms with E-state index in [4.69, 9.17) is 18.9 Å². The maximum absolute atomic E-state index is 15.0. The van der Waals surface area contributed by atoms with E-state index in [1.54, 1.807) is 7.11 Å². The van der Waals surface area contributed by atoms with Crippen molar-refractivity contribution >= 4 is 22.7 Å². The van der Waals surface area contributed by atoms with Gasteiger partial charge in [-0.15, -0.1) is 0 Å². The average Bonchev–Trinajstić information content (AvgIpc) is 3.28. The molecular weight excluding hydrogens is 546 g/mol. The molecule has 6 rings (SSSR count). The Balaban J connectivity index is 1.52. The van der Waals surface area contributed by atoms with Crippen LogP contribution in [0.2, 0.25) is 0 Å². The Labute approximate surface area is 254 Å². The highest BCUT2D eigenvalue weighted by molar-refractivity contribution is 6.00. The van der Waals surface area contributed by atoms with Crippen LogP contribution in [0.1, 0.15) is 70.9 Å². The van der Waals surface area contributed by atoms with Crippen molar-refractivity contribution in [2.24, 2.45) is 35.6 Å². The van der Waals surface area contributed by atoms with Crippen molar-refractivity contribution in [3.05, 3.63) is 52.8 Å². The van der Waals surface area contributed by atoms with Gasteiger partial charge in [0.05, 0.1) is 19.1 Å². The molecule has 2 unspecified atom stereocenters. The maximum atomic E-state index is 15.0. The molecule has 1 N–H and O–H groups in total. The number of fused-ring (bicyclic) bond motifs is 4. The average molecular weight is 592 g/mol. The summed E-state index contributed by atoms with van der Waals surface area (Å²) in [7, 11) is 3.44. The summed E-state index contributed by atoms with van der Waals surface area (Å²) in [6.07, 6.45) is 2.58. The van der Waals surface area contributed by atoms with Crippen LogP contribution < -0.4 is 4.74 Å². The summed E-state index contributed by atoms with van der Waals surface area (Å²) in [4.78, 5) is 29.1. The first kappa shape index (κ1) is 30.1. The summed E-state index contributed by atoms with van der Waals surface area (Å²) in [6, 6.07) is 5.67. The van der Waals surface area contributed by atoms with E-state index in [1.165, 1.54) is 0 Å². The summed E-state index contributed by atoms with van der Waals surface area (Å²) in [5, 5.41) is 14.2. The van der Waals surface area contributed by atoms with Gasteiger partial charge in [0.1, 0.15) is 17.5 Å². The number of carbonyl (C=O) groups excluding carboxylic acids is 2. The van der Waals surface area contributed by atoms with Crippen LogP contribution in [0.15, 0.2) is 41.5 Å². The number of hydrogen-bond acceptors (Lipinski definition) is 7. The number of aliphatic hydroxyl groups is 1. The molecule has 2 heterocycles. The zero-order chi connectivity index (χ0) is 31.4. The second-order valence-corrected chi connectivity index (χ2v) is 14.4. The Bertz CT molecular complexity index is 1590. The molecule has 8 heteroatoms. The zero-order valence-electron chi connectivity index (χ0n) is 27.0. The van der Waals surface area contributed by atoms with Gasteiger partial charge in [-0.05, 0) is 86.3 Å². The molecule has 1 saturated carbocycles. The predicted molar refractivity (Wildman–Crippen MR) is 163 cm³/mol. The van der Waals surface area contributed by atoms with Crippen LogP contribution in [0.5, 0.6) is 5.75 Å². The highest BCUT2D eigenvalue weighted by atomic mass is 16.7. The topological polar surface area (TPSA) is 96.2 Å². The number of ether oxygens (including phenoxy) is 4. The van der Waals surface area contributed by atoms with Gasteiger partial charge in [0.15, 0.2) is 23.3 Å². The number of benzene rings is 1.